The van der Waals surface area contributed by atoms with Gasteiger partial charge < -0.3 is 9.64 Å². The lowest BCUT2D eigenvalue weighted by molar-refractivity contribution is -0.155. The van der Waals surface area contributed by atoms with Crippen LogP contribution in [0.25, 0.3) is 5.69 Å². The SMILES string of the molecule is CCOC(=O)[C@@H]1CCCCN1C(=O)CSc1nnc(C)n1-c1cccc(C)c1. The van der Waals surface area contributed by atoms with Crippen LogP contribution in [-0.2, 0) is 14.3 Å². The molecular formula is C20H26N4O3S. The van der Waals surface area contributed by atoms with E-state index in [-0.39, 0.29) is 17.6 Å². The summed E-state index contributed by atoms with van der Waals surface area (Å²) in [5, 5.41) is 9.08. The van der Waals surface area contributed by atoms with Gasteiger partial charge in [-0.1, -0.05) is 23.9 Å². The third-order valence-electron chi connectivity index (χ3n) is 4.76. The van der Waals surface area contributed by atoms with Gasteiger partial charge in [-0.3, -0.25) is 9.36 Å². The van der Waals surface area contributed by atoms with Crippen molar-refractivity contribution in [3.05, 3.63) is 35.7 Å². The monoisotopic (exact) mass is 402 g/mol. The van der Waals surface area contributed by atoms with Crippen molar-refractivity contribution in [1.82, 2.24) is 19.7 Å². The minimum atomic E-state index is -0.474. The summed E-state index contributed by atoms with van der Waals surface area (Å²) in [6.07, 6.45) is 2.50. The van der Waals surface area contributed by atoms with Crippen molar-refractivity contribution in [1.29, 1.82) is 0 Å². The van der Waals surface area contributed by atoms with Crippen molar-refractivity contribution in [3.8, 4) is 5.69 Å². The maximum atomic E-state index is 12.8. The van der Waals surface area contributed by atoms with Crippen LogP contribution >= 0.6 is 11.8 Å². The van der Waals surface area contributed by atoms with Gasteiger partial charge in [-0.2, -0.15) is 0 Å². The van der Waals surface area contributed by atoms with Gasteiger partial charge in [-0.25, -0.2) is 4.79 Å². The number of aromatic nitrogens is 3. The zero-order chi connectivity index (χ0) is 20.1. The number of benzene rings is 1. The van der Waals surface area contributed by atoms with Crippen LogP contribution in [0.1, 0.15) is 37.6 Å². The Kier molecular flexibility index (Phi) is 6.72. The summed E-state index contributed by atoms with van der Waals surface area (Å²) in [6, 6.07) is 7.60. The summed E-state index contributed by atoms with van der Waals surface area (Å²) in [7, 11) is 0. The molecular weight excluding hydrogens is 376 g/mol. The summed E-state index contributed by atoms with van der Waals surface area (Å²) in [5.41, 5.74) is 2.11. The number of carbonyl (C=O) groups excluding carboxylic acids is 2. The number of nitrogens with zero attached hydrogens (tertiary/aromatic N) is 4. The van der Waals surface area contributed by atoms with E-state index in [1.807, 2.05) is 36.6 Å². The Morgan fingerprint density at radius 1 is 1.25 bits per heavy atom. The maximum Gasteiger partial charge on any atom is 0.328 e. The van der Waals surface area contributed by atoms with E-state index in [0.717, 1.165) is 29.9 Å². The van der Waals surface area contributed by atoms with Gasteiger partial charge in [-0.15, -0.1) is 10.2 Å². The number of hydrogen-bond donors (Lipinski definition) is 0. The van der Waals surface area contributed by atoms with E-state index in [1.165, 1.54) is 11.8 Å². The molecule has 1 aromatic heterocycles. The molecule has 150 valence electrons. The number of likely N-dealkylation sites (tertiary alicyclic amines) is 1. The molecule has 2 heterocycles. The minimum Gasteiger partial charge on any atom is -0.464 e. The van der Waals surface area contributed by atoms with Crippen LogP contribution in [0.5, 0.6) is 0 Å². The highest BCUT2D eigenvalue weighted by molar-refractivity contribution is 7.99. The van der Waals surface area contributed by atoms with Crippen LogP contribution in [0, 0.1) is 13.8 Å². The van der Waals surface area contributed by atoms with Crippen LogP contribution in [-0.4, -0.2) is 56.5 Å². The lowest BCUT2D eigenvalue weighted by Crippen LogP contribution is -2.49. The van der Waals surface area contributed by atoms with Crippen molar-refractivity contribution >= 4 is 23.6 Å². The first-order chi connectivity index (χ1) is 13.5. The summed E-state index contributed by atoms with van der Waals surface area (Å²) >= 11 is 1.34. The third-order valence-corrected chi connectivity index (χ3v) is 5.68. The van der Waals surface area contributed by atoms with E-state index in [9.17, 15) is 9.59 Å². The van der Waals surface area contributed by atoms with E-state index < -0.39 is 6.04 Å². The fourth-order valence-electron chi connectivity index (χ4n) is 3.42. The van der Waals surface area contributed by atoms with E-state index in [2.05, 4.69) is 16.3 Å². The molecule has 3 rings (SSSR count). The summed E-state index contributed by atoms with van der Waals surface area (Å²) < 4.78 is 7.10. The number of rotatable bonds is 6. The molecule has 1 aromatic carbocycles. The number of thioether (sulfide) groups is 1. The van der Waals surface area contributed by atoms with E-state index >= 15 is 0 Å². The van der Waals surface area contributed by atoms with Gasteiger partial charge in [0.05, 0.1) is 12.4 Å². The molecule has 1 aliphatic rings. The molecule has 0 N–H and O–H groups in total. The second-order valence-electron chi connectivity index (χ2n) is 6.84. The Morgan fingerprint density at radius 3 is 2.82 bits per heavy atom. The zero-order valence-corrected chi connectivity index (χ0v) is 17.4. The maximum absolute atomic E-state index is 12.8. The Balaban J connectivity index is 1.72. The highest BCUT2D eigenvalue weighted by Crippen LogP contribution is 2.25. The Bertz CT molecular complexity index is 852. The van der Waals surface area contributed by atoms with Crippen molar-refractivity contribution in [2.24, 2.45) is 0 Å². The number of carbonyl (C=O) groups is 2. The van der Waals surface area contributed by atoms with Gasteiger partial charge in [0.25, 0.3) is 0 Å². The highest BCUT2D eigenvalue weighted by Gasteiger charge is 2.33. The molecule has 7 nitrogen and oxygen atoms in total. The van der Waals surface area contributed by atoms with E-state index in [0.29, 0.717) is 24.7 Å². The first-order valence-electron chi connectivity index (χ1n) is 9.59. The van der Waals surface area contributed by atoms with Gasteiger partial charge >= 0.3 is 5.97 Å². The third kappa shape index (κ3) is 4.55. The summed E-state index contributed by atoms with van der Waals surface area (Å²) in [6.45, 7) is 6.62. The number of esters is 1. The van der Waals surface area contributed by atoms with Crippen LogP contribution in [0.4, 0.5) is 0 Å². The van der Waals surface area contributed by atoms with Crippen molar-refractivity contribution < 1.29 is 14.3 Å². The fourth-order valence-corrected chi connectivity index (χ4v) is 4.31. The number of amides is 1. The van der Waals surface area contributed by atoms with Crippen LogP contribution < -0.4 is 0 Å². The molecule has 1 amide bonds. The molecule has 1 aliphatic heterocycles. The zero-order valence-electron chi connectivity index (χ0n) is 16.6. The van der Waals surface area contributed by atoms with Gasteiger partial charge in [0.2, 0.25) is 5.91 Å². The second-order valence-corrected chi connectivity index (χ2v) is 7.79. The van der Waals surface area contributed by atoms with Crippen LogP contribution in [0.3, 0.4) is 0 Å². The number of piperidine rings is 1. The molecule has 0 unspecified atom stereocenters. The average Bonchev–Trinajstić information content (AvgIpc) is 3.06. The largest absolute Gasteiger partial charge is 0.464 e. The molecule has 0 saturated carbocycles. The molecule has 0 bridgehead atoms. The summed E-state index contributed by atoms with van der Waals surface area (Å²) in [4.78, 5) is 26.7. The lowest BCUT2D eigenvalue weighted by atomic mass is 10.0. The minimum absolute atomic E-state index is 0.0702. The Hall–Kier alpha value is -2.35. The standard InChI is InChI=1S/C20H26N4O3S/c1-4-27-19(26)17-10-5-6-11-23(17)18(25)13-28-20-22-21-15(3)24(20)16-9-7-8-14(2)12-16/h7-9,12,17H,4-6,10-11,13H2,1-3H3/t17-/m0/s1. The van der Waals surface area contributed by atoms with Crippen molar-refractivity contribution in [2.45, 2.75) is 51.2 Å². The van der Waals surface area contributed by atoms with Crippen molar-refractivity contribution in [3.63, 3.8) is 0 Å². The normalized spacial score (nSPS) is 16.8. The van der Waals surface area contributed by atoms with Gasteiger partial charge in [0, 0.05) is 12.2 Å². The predicted octanol–water partition coefficient (Wildman–Crippen LogP) is 2.92. The van der Waals surface area contributed by atoms with Gasteiger partial charge in [0.1, 0.15) is 11.9 Å². The first-order valence-corrected chi connectivity index (χ1v) is 10.6. The first kappa shape index (κ1) is 20.4. The molecule has 2 aromatic rings. The molecule has 8 heteroatoms. The molecule has 28 heavy (non-hydrogen) atoms. The molecule has 0 spiro atoms. The molecule has 0 aliphatic carbocycles. The number of aryl methyl sites for hydroxylation is 2. The van der Waals surface area contributed by atoms with Crippen LogP contribution in [0.15, 0.2) is 29.4 Å². The topological polar surface area (TPSA) is 77.3 Å². The van der Waals surface area contributed by atoms with Crippen molar-refractivity contribution in [2.75, 3.05) is 18.9 Å². The van der Waals surface area contributed by atoms with E-state index in [1.54, 1.807) is 11.8 Å². The Labute approximate surface area is 169 Å². The fraction of sp³-hybridized carbons (Fsp3) is 0.500. The molecule has 0 radical (unpaired) electrons. The average molecular weight is 403 g/mol. The van der Waals surface area contributed by atoms with Gasteiger partial charge in [0.15, 0.2) is 5.16 Å². The molecule has 1 atom stereocenters. The summed E-state index contributed by atoms with van der Waals surface area (Å²) in [5.74, 6) is 0.598. The second kappa shape index (κ2) is 9.23. The predicted molar refractivity (Wildman–Crippen MR) is 108 cm³/mol. The quantitative estimate of drug-likeness (QED) is 0.546. The molecule has 1 saturated heterocycles. The van der Waals surface area contributed by atoms with Gasteiger partial charge in [-0.05, 0) is 57.7 Å². The smallest absolute Gasteiger partial charge is 0.328 e. The lowest BCUT2D eigenvalue weighted by Gasteiger charge is -2.33. The number of ether oxygens (including phenoxy) is 1. The van der Waals surface area contributed by atoms with Crippen LogP contribution in [0.2, 0.25) is 0 Å². The number of hydrogen-bond acceptors (Lipinski definition) is 6. The Morgan fingerprint density at radius 2 is 2.07 bits per heavy atom. The highest BCUT2D eigenvalue weighted by atomic mass is 32.2. The van der Waals surface area contributed by atoms with E-state index in [4.69, 9.17) is 4.74 Å². The molecule has 1 fully saturated rings.